The van der Waals surface area contributed by atoms with Crippen LogP contribution < -0.4 is 4.90 Å². The third-order valence-corrected chi connectivity index (χ3v) is 3.33. The van der Waals surface area contributed by atoms with Crippen LogP contribution in [0.15, 0.2) is 12.4 Å². The highest BCUT2D eigenvalue weighted by molar-refractivity contribution is 6.29. The number of aliphatic hydroxyl groups is 1. The first-order chi connectivity index (χ1) is 7.68. The summed E-state index contributed by atoms with van der Waals surface area (Å²) in [5, 5.41) is 10.3. The largest absolute Gasteiger partial charge is 0.391 e. The molecule has 0 spiro atoms. The fourth-order valence-electron chi connectivity index (χ4n) is 2.22. The summed E-state index contributed by atoms with van der Waals surface area (Å²) in [7, 11) is 1.93. The molecular formula is C11H16ClN3O. The molecule has 2 atom stereocenters. The second kappa shape index (κ2) is 4.97. The maximum absolute atomic E-state index is 9.95. The summed E-state index contributed by atoms with van der Waals surface area (Å²) in [5.41, 5.74) is 0. The van der Waals surface area contributed by atoms with Gasteiger partial charge in [-0.1, -0.05) is 24.4 Å². The van der Waals surface area contributed by atoms with E-state index in [0.29, 0.717) is 5.15 Å². The average molecular weight is 242 g/mol. The van der Waals surface area contributed by atoms with E-state index in [1.54, 1.807) is 6.20 Å². The molecule has 1 aromatic rings. The van der Waals surface area contributed by atoms with Crippen molar-refractivity contribution in [3.8, 4) is 0 Å². The van der Waals surface area contributed by atoms with Crippen LogP contribution in [0.4, 0.5) is 5.82 Å². The van der Waals surface area contributed by atoms with Crippen LogP contribution in [-0.4, -0.2) is 34.3 Å². The van der Waals surface area contributed by atoms with Gasteiger partial charge >= 0.3 is 0 Å². The number of rotatable bonds is 2. The van der Waals surface area contributed by atoms with E-state index in [1.165, 1.54) is 6.20 Å². The Labute approximate surface area is 100 Å². The van der Waals surface area contributed by atoms with Gasteiger partial charge in [0.15, 0.2) is 0 Å². The van der Waals surface area contributed by atoms with Gasteiger partial charge in [-0.15, -0.1) is 0 Å². The van der Waals surface area contributed by atoms with Gasteiger partial charge in [0.05, 0.1) is 24.5 Å². The molecule has 5 heteroatoms. The van der Waals surface area contributed by atoms with Gasteiger partial charge in [0, 0.05) is 7.05 Å². The number of halogens is 1. The van der Waals surface area contributed by atoms with Gasteiger partial charge in [0.25, 0.3) is 0 Å². The number of aromatic nitrogens is 2. The van der Waals surface area contributed by atoms with Crippen LogP contribution >= 0.6 is 11.6 Å². The molecule has 1 saturated carbocycles. The van der Waals surface area contributed by atoms with E-state index in [-0.39, 0.29) is 12.1 Å². The summed E-state index contributed by atoms with van der Waals surface area (Å²) >= 11 is 5.80. The zero-order valence-corrected chi connectivity index (χ0v) is 10.1. The first kappa shape index (κ1) is 11.6. The highest BCUT2D eigenvalue weighted by Gasteiger charge is 2.27. The molecule has 0 aromatic carbocycles. The topological polar surface area (TPSA) is 49.2 Å². The highest BCUT2D eigenvalue weighted by Crippen LogP contribution is 2.25. The molecule has 0 bridgehead atoms. The fourth-order valence-corrected chi connectivity index (χ4v) is 2.36. The normalized spacial score (nSPS) is 25.4. The molecule has 1 aromatic heterocycles. The van der Waals surface area contributed by atoms with Crippen LogP contribution in [0.2, 0.25) is 5.15 Å². The maximum Gasteiger partial charge on any atom is 0.149 e. The quantitative estimate of drug-likeness (QED) is 0.859. The molecule has 1 heterocycles. The Balaban J connectivity index is 2.14. The summed E-state index contributed by atoms with van der Waals surface area (Å²) in [6.07, 6.45) is 7.02. The van der Waals surface area contributed by atoms with Crippen LogP contribution in [-0.2, 0) is 0 Å². The number of likely N-dealkylation sites (N-methyl/N-ethyl adjacent to an activating group) is 1. The van der Waals surface area contributed by atoms with Crippen LogP contribution in [0.1, 0.15) is 25.7 Å². The van der Waals surface area contributed by atoms with Gasteiger partial charge in [0.2, 0.25) is 0 Å². The Morgan fingerprint density at radius 1 is 1.38 bits per heavy atom. The molecule has 1 aliphatic rings. The SMILES string of the molecule is CN(c1cncc(Cl)n1)C1CCCCC1O. The molecule has 88 valence electrons. The molecule has 0 radical (unpaired) electrons. The Kier molecular flexibility index (Phi) is 3.61. The van der Waals surface area contributed by atoms with Crippen molar-refractivity contribution in [3.05, 3.63) is 17.5 Å². The van der Waals surface area contributed by atoms with E-state index >= 15 is 0 Å². The van der Waals surface area contributed by atoms with Crippen molar-refractivity contribution in [1.82, 2.24) is 9.97 Å². The fraction of sp³-hybridized carbons (Fsp3) is 0.636. The van der Waals surface area contributed by atoms with Crippen LogP contribution in [0, 0.1) is 0 Å². The number of hydrogen-bond donors (Lipinski definition) is 1. The predicted molar refractivity (Wildman–Crippen MR) is 63.7 cm³/mol. The van der Waals surface area contributed by atoms with Gasteiger partial charge in [0.1, 0.15) is 11.0 Å². The summed E-state index contributed by atoms with van der Waals surface area (Å²) in [6, 6.07) is 0.126. The van der Waals surface area contributed by atoms with Gasteiger partial charge in [-0.25, -0.2) is 4.98 Å². The molecule has 16 heavy (non-hydrogen) atoms. The van der Waals surface area contributed by atoms with E-state index in [2.05, 4.69) is 9.97 Å². The van der Waals surface area contributed by atoms with E-state index in [9.17, 15) is 5.11 Å². The zero-order chi connectivity index (χ0) is 11.5. The minimum Gasteiger partial charge on any atom is -0.391 e. The van der Waals surface area contributed by atoms with Crippen molar-refractivity contribution in [1.29, 1.82) is 0 Å². The minimum atomic E-state index is -0.278. The van der Waals surface area contributed by atoms with Crippen molar-refractivity contribution < 1.29 is 5.11 Å². The Morgan fingerprint density at radius 2 is 2.12 bits per heavy atom. The van der Waals surface area contributed by atoms with E-state index in [4.69, 9.17) is 11.6 Å². The number of anilines is 1. The molecular weight excluding hydrogens is 226 g/mol. The smallest absolute Gasteiger partial charge is 0.149 e. The lowest BCUT2D eigenvalue weighted by molar-refractivity contribution is 0.106. The average Bonchev–Trinajstić information content (AvgIpc) is 2.29. The summed E-state index contributed by atoms with van der Waals surface area (Å²) in [6.45, 7) is 0. The Morgan fingerprint density at radius 3 is 2.81 bits per heavy atom. The summed E-state index contributed by atoms with van der Waals surface area (Å²) in [4.78, 5) is 10.2. The zero-order valence-electron chi connectivity index (χ0n) is 9.30. The molecule has 1 N–H and O–H groups in total. The molecule has 2 unspecified atom stereocenters. The Hall–Kier alpha value is -0.870. The summed E-state index contributed by atoms with van der Waals surface area (Å²) in [5.74, 6) is 0.721. The molecule has 1 fully saturated rings. The van der Waals surface area contributed by atoms with E-state index in [0.717, 1.165) is 31.5 Å². The van der Waals surface area contributed by atoms with Crippen molar-refractivity contribution in [3.63, 3.8) is 0 Å². The third kappa shape index (κ3) is 2.44. The standard InChI is InChI=1S/C11H16ClN3O/c1-15(8-4-2-3-5-9(8)16)11-7-13-6-10(12)14-11/h6-9,16H,2-5H2,1H3. The third-order valence-electron chi connectivity index (χ3n) is 3.15. The van der Waals surface area contributed by atoms with Crippen LogP contribution in [0.25, 0.3) is 0 Å². The molecule has 2 rings (SSSR count). The number of hydrogen-bond acceptors (Lipinski definition) is 4. The molecule has 0 saturated heterocycles. The van der Waals surface area contributed by atoms with Crippen LogP contribution in [0.5, 0.6) is 0 Å². The Bertz CT molecular complexity index is 361. The molecule has 1 aliphatic carbocycles. The molecule has 0 aliphatic heterocycles. The minimum absolute atomic E-state index is 0.126. The summed E-state index contributed by atoms with van der Waals surface area (Å²) < 4.78 is 0. The van der Waals surface area contributed by atoms with E-state index in [1.807, 2.05) is 11.9 Å². The number of nitrogens with zero attached hydrogens (tertiary/aromatic N) is 3. The second-order valence-corrected chi connectivity index (χ2v) is 4.62. The van der Waals surface area contributed by atoms with E-state index < -0.39 is 0 Å². The lowest BCUT2D eigenvalue weighted by Gasteiger charge is -2.35. The van der Waals surface area contributed by atoms with Gasteiger partial charge in [-0.3, -0.25) is 4.98 Å². The van der Waals surface area contributed by atoms with Crippen LogP contribution in [0.3, 0.4) is 0 Å². The highest BCUT2D eigenvalue weighted by atomic mass is 35.5. The van der Waals surface area contributed by atoms with Gasteiger partial charge in [-0.05, 0) is 12.8 Å². The first-order valence-corrected chi connectivity index (χ1v) is 5.94. The van der Waals surface area contributed by atoms with Crippen molar-refractivity contribution in [2.75, 3.05) is 11.9 Å². The van der Waals surface area contributed by atoms with Crippen molar-refractivity contribution in [2.45, 2.75) is 37.8 Å². The van der Waals surface area contributed by atoms with Gasteiger partial charge < -0.3 is 10.0 Å². The molecule has 0 amide bonds. The van der Waals surface area contributed by atoms with Crippen molar-refractivity contribution >= 4 is 17.4 Å². The second-order valence-electron chi connectivity index (χ2n) is 4.23. The lowest BCUT2D eigenvalue weighted by atomic mass is 9.92. The predicted octanol–water partition coefficient (Wildman–Crippen LogP) is 1.87. The molecule has 4 nitrogen and oxygen atoms in total. The monoisotopic (exact) mass is 241 g/mol. The number of aliphatic hydroxyl groups excluding tert-OH is 1. The van der Waals surface area contributed by atoms with Crippen molar-refractivity contribution in [2.24, 2.45) is 0 Å². The first-order valence-electron chi connectivity index (χ1n) is 5.57. The van der Waals surface area contributed by atoms with Gasteiger partial charge in [-0.2, -0.15) is 0 Å². The maximum atomic E-state index is 9.95. The lowest BCUT2D eigenvalue weighted by Crippen LogP contribution is -2.43.